The third kappa shape index (κ3) is 3.60. The van der Waals surface area contributed by atoms with Gasteiger partial charge in [-0.2, -0.15) is 5.10 Å². The van der Waals surface area contributed by atoms with E-state index in [2.05, 4.69) is 37.7 Å². The minimum Gasteiger partial charge on any atom is -0.332 e. The summed E-state index contributed by atoms with van der Waals surface area (Å²) in [4.78, 5) is 17.6. The first-order valence-electron chi connectivity index (χ1n) is 9.11. The maximum atomic E-state index is 13.0. The third-order valence-corrected chi connectivity index (χ3v) is 4.95. The lowest BCUT2D eigenvalue weighted by atomic mass is 10.1. The van der Waals surface area contributed by atoms with Crippen LogP contribution < -0.4 is 0 Å². The normalized spacial score (nSPS) is 22.8. The average molecular weight is 318 g/mol. The van der Waals surface area contributed by atoms with Crippen molar-refractivity contribution in [2.75, 3.05) is 19.6 Å². The van der Waals surface area contributed by atoms with Gasteiger partial charge >= 0.3 is 0 Å². The van der Waals surface area contributed by atoms with E-state index in [1.807, 2.05) is 15.6 Å². The maximum Gasteiger partial charge on any atom is 0.272 e. The van der Waals surface area contributed by atoms with Crippen LogP contribution in [0.1, 0.15) is 56.7 Å². The molecule has 1 saturated carbocycles. The van der Waals surface area contributed by atoms with Gasteiger partial charge in [0.05, 0.1) is 5.69 Å². The molecule has 0 aromatic carbocycles. The Labute approximate surface area is 139 Å². The Hall–Kier alpha value is -1.36. The molecule has 23 heavy (non-hydrogen) atoms. The Balaban J connectivity index is 1.72. The summed E-state index contributed by atoms with van der Waals surface area (Å²) in [5.41, 5.74) is 1.80. The maximum absolute atomic E-state index is 13.0. The SMILES string of the molecule is CCn1nc(CC(C)C)cc1C(=O)N1CCN(C2CC2)CC1C. The predicted octanol–water partition coefficient (Wildman–Crippen LogP) is 2.41. The Morgan fingerprint density at radius 3 is 2.65 bits per heavy atom. The van der Waals surface area contributed by atoms with Crippen LogP contribution in [0.5, 0.6) is 0 Å². The summed E-state index contributed by atoms with van der Waals surface area (Å²) in [6.45, 7) is 12.2. The van der Waals surface area contributed by atoms with Crippen molar-refractivity contribution in [3.8, 4) is 0 Å². The minimum absolute atomic E-state index is 0.150. The lowest BCUT2D eigenvalue weighted by Crippen LogP contribution is -2.54. The quantitative estimate of drug-likeness (QED) is 0.837. The smallest absolute Gasteiger partial charge is 0.272 e. The second kappa shape index (κ2) is 6.63. The molecule has 0 bridgehead atoms. The van der Waals surface area contributed by atoms with Crippen LogP contribution in [-0.4, -0.2) is 57.2 Å². The zero-order valence-corrected chi connectivity index (χ0v) is 15.0. The van der Waals surface area contributed by atoms with Crippen molar-refractivity contribution in [2.24, 2.45) is 5.92 Å². The molecule has 1 aliphatic heterocycles. The fraction of sp³-hybridized carbons (Fsp3) is 0.778. The highest BCUT2D eigenvalue weighted by Gasteiger charge is 2.36. The molecule has 1 aromatic heterocycles. The van der Waals surface area contributed by atoms with Crippen LogP contribution in [0.2, 0.25) is 0 Å². The van der Waals surface area contributed by atoms with E-state index in [1.54, 1.807) is 0 Å². The highest BCUT2D eigenvalue weighted by atomic mass is 16.2. The fourth-order valence-corrected chi connectivity index (χ4v) is 3.61. The summed E-state index contributed by atoms with van der Waals surface area (Å²) < 4.78 is 1.88. The van der Waals surface area contributed by atoms with Gasteiger partial charge in [-0.05, 0) is 45.1 Å². The molecule has 1 saturated heterocycles. The summed E-state index contributed by atoms with van der Waals surface area (Å²) in [6.07, 6.45) is 3.60. The van der Waals surface area contributed by atoms with Gasteiger partial charge < -0.3 is 4.90 Å². The van der Waals surface area contributed by atoms with Crippen LogP contribution in [0.4, 0.5) is 0 Å². The zero-order chi connectivity index (χ0) is 16.6. The second-order valence-corrected chi connectivity index (χ2v) is 7.51. The van der Waals surface area contributed by atoms with Gasteiger partial charge in [-0.15, -0.1) is 0 Å². The van der Waals surface area contributed by atoms with Gasteiger partial charge in [0.25, 0.3) is 5.91 Å². The number of piperazine rings is 1. The first kappa shape index (κ1) is 16.5. The molecule has 0 spiro atoms. The number of rotatable bonds is 5. The van der Waals surface area contributed by atoms with E-state index >= 15 is 0 Å². The van der Waals surface area contributed by atoms with Crippen LogP contribution >= 0.6 is 0 Å². The molecule has 1 amide bonds. The second-order valence-electron chi connectivity index (χ2n) is 7.51. The van der Waals surface area contributed by atoms with Gasteiger partial charge in [0.1, 0.15) is 5.69 Å². The third-order valence-electron chi connectivity index (χ3n) is 4.95. The molecule has 1 aliphatic carbocycles. The van der Waals surface area contributed by atoms with Crippen LogP contribution in [0.3, 0.4) is 0 Å². The van der Waals surface area contributed by atoms with E-state index < -0.39 is 0 Å². The number of carbonyl (C=O) groups excluding carboxylic acids is 1. The molecular formula is C18H30N4O. The first-order chi connectivity index (χ1) is 11.0. The molecular weight excluding hydrogens is 288 g/mol. The summed E-state index contributed by atoms with van der Waals surface area (Å²) >= 11 is 0. The summed E-state index contributed by atoms with van der Waals surface area (Å²) in [5, 5.41) is 4.62. The molecule has 0 N–H and O–H groups in total. The molecule has 2 heterocycles. The van der Waals surface area contributed by atoms with E-state index in [-0.39, 0.29) is 11.9 Å². The van der Waals surface area contributed by atoms with Gasteiger partial charge in [0, 0.05) is 38.3 Å². The predicted molar refractivity (Wildman–Crippen MR) is 91.5 cm³/mol. The van der Waals surface area contributed by atoms with Gasteiger partial charge in [-0.1, -0.05) is 13.8 Å². The number of hydrogen-bond donors (Lipinski definition) is 0. The van der Waals surface area contributed by atoms with Gasteiger partial charge in [0.15, 0.2) is 0 Å². The zero-order valence-electron chi connectivity index (χ0n) is 15.0. The minimum atomic E-state index is 0.150. The number of aryl methyl sites for hydroxylation is 1. The monoisotopic (exact) mass is 318 g/mol. The standard InChI is InChI=1S/C18H30N4O/c1-5-22-17(11-15(19-22)10-13(2)3)18(23)21-9-8-20(12-14(21)4)16-6-7-16/h11,13-14,16H,5-10,12H2,1-4H3. The van der Waals surface area contributed by atoms with Crippen molar-refractivity contribution in [3.05, 3.63) is 17.5 Å². The van der Waals surface area contributed by atoms with Crippen LogP contribution in [0.25, 0.3) is 0 Å². The number of hydrogen-bond acceptors (Lipinski definition) is 3. The number of nitrogens with zero attached hydrogens (tertiary/aromatic N) is 4. The molecule has 2 aliphatic rings. The Kier molecular flexibility index (Phi) is 4.76. The lowest BCUT2D eigenvalue weighted by Gasteiger charge is -2.40. The molecule has 5 heteroatoms. The van der Waals surface area contributed by atoms with Crippen LogP contribution in [-0.2, 0) is 13.0 Å². The van der Waals surface area contributed by atoms with Crippen molar-refractivity contribution in [2.45, 2.75) is 65.6 Å². The molecule has 1 aromatic rings. The number of carbonyl (C=O) groups is 1. The molecule has 3 rings (SSSR count). The largest absolute Gasteiger partial charge is 0.332 e. The van der Waals surface area contributed by atoms with Crippen molar-refractivity contribution < 1.29 is 4.79 Å². The van der Waals surface area contributed by atoms with Gasteiger partial charge in [0.2, 0.25) is 0 Å². The Morgan fingerprint density at radius 1 is 1.35 bits per heavy atom. The average Bonchev–Trinajstić information content (AvgIpc) is 3.27. The number of aromatic nitrogens is 2. The van der Waals surface area contributed by atoms with Gasteiger partial charge in [-0.25, -0.2) is 0 Å². The molecule has 128 valence electrons. The Morgan fingerprint density at radius 2 is 2.09 bits per heavy atom. The first-order valence-corrected chi connectivity index (χ1v) is 9.11. The highest BCUT2D eigenvalue weighted by Crippen LogP contribution is 2.29. The highest BCUT2D eigenvalue weighted by molar-refractivity contribution is 5.93. The van der Waals surface area contributed by atoms with Crippen LogP contribution in [0, 0.1) is 5.92 Å². The van der Waals surface area contributed by atoms with E-state index in [1.165, 1.54) is 12.8 Å². The van der Waals surface area contributed by atoms with E-state index in [0.717, 1.165) is 50.0 Å². The van der Waals surface area contributed by atoms with Crippen molar-refractivity contribution in [1.82, 2.24) is 19.6 Å². The van der Waals surface area contributed by atoms with Crippen molar-refractivity contribution >= 4 is 5.91 Å². The molecule has 5 nitrogen and oxygen atoms in total. The van der Waals surface area contributed by atoms with E-state index in [9.17, 15) is 4.79 Å². The fourth-order valence-electron chi connectivity index (χ4n) is 3.61. The Bertz CT molecular complexity index is 561. The summed E-state index contributed by atoms with van der Waals surface area (Å²) in [7, 11) is 0. The van der Waals surface area contributed by atoms with E-state index in [0.29, 0.717) is 5.92 Å². The number of amides is 1. The lowest BCUT2D eigenvalue weighted by molar-refractivity contribution is 0.0462. The van der Waals surface area contributed by atoms with E-state index in [4.69, 9.17) is 0 Å². The van der Waals surface area contributed by atoms with Crippen molar-refractivity contribution in [1.29, 1.82) is 0 Å². The molecule has 1 atom stereocenters. The summed E-state index contributed by atoms with van der Waals surface area (Å²) in [6, 6.07) is 3.07. The van der Waals surface area contributed by atoms with Crippen LogP contribution in [0.15, 0.2) is 6.07 Å². The topological polar surface area (TPSA) is 41.4 Å². The van der Waals surface area contributed by atoms with Crippen molar-refractivity contribution in [3.63, 3.8) is 0 Å². The molecule has 1 unspecified atom stereocenters. The van der Waals surface area contributed by atoms with Gasteiger partial charge in [-0.3, -0.25) is 14.4 Å². The molecule has 2 fully saturated rings. The summed E-state index contributed by atoms with van der Waals surface area (Å²) in [5.74, 6) is 0.705. The molecule has 0 radical (unpaired) electrons.